The van der Waals surface area contributed by atoms with Gasteiger partial charge in [-0.25, -0.2) is 13.1 Å². The topological polar surface area (TPSA) is 85.1 Å². The standard InChI is InChI=1S/C14H17N3O2S/c1-10-9-12(6-7-13(10)15)20(18,19)17-11(2)14-5-3-4-8-16-14/h3-9,11,17H,15H2,1-2H3. The molecule has 6 heteroatoms. The first kappa shape index (κ1) is 14.5. The van der Waals surface area contributed by atoms with Gasteiger partial charge in [-0.15, -0.1) is 0 Å². The molecule has 5 nitrogen and oxygen atoms in total. The SMILES string of the molecule is Cc1cc(S(=O)(=O)NC(C)c2ccccn2)ccc1N. The van der Waals surface area contributed by atoms with Gasteiger partial charge in [0.05, 0.1) is 16.6 Å². The third-order valence-corrected chi connectivity index (χ3v) is 4.55. The first-order valence-electron chi connectivity index (χ1n) is 6.19. The molecule has 0 radical (unpaired) electrons. The van der Waals surface area contributed by atoms with E-state index < -0.39 is 16.1 Å². The maximum absolute atomic E-state index is 12.3. The number of nitrogens with zero attached hydrogens (tertiary/aromatic N) is 1. The smallest absolute Gasteiger partial charge is 0.241 e. The van der Waals surface area contributed by atoms with Crippen LogP contribution in [0.1, 0.15) is 24.2 Å². The fraction of sp³-hybridized carbons (Fsp3) is 0.214. The number of aromatic nitrogens is 1. The van der Waals surface area contributed by atoms with Crippen molar-refractivity contribution in [3.8, 4) is 0 Å². The molecule has 0 aliphatic heterocycles. The van der Waals surface area contributed by atoms with Gasteiger partial charge in [-0.05, 0) is 49.7 Å². The van der Waals surface area contributed by atoms with E-state index in [-0.39, 0.29) is 4.90 Å². The van der Waals surface area contributed by atoms with Crippen LogP contribution in [-0.4, -0.2) is 13.4 Å². The van der Waals surface area contributed by atoms with Gasteiger partial charge in [0.1, 0.15) is 0 Å². The van der Waals surface area contributed by atoms with Crippen LogP contribution in [0.15, 0.2) is 47.5 Å². The predicted molar refractivity (Wildman–Crippen MR) is 78.6 cm³/mol. The Morgan fingerprint density at radius 2 is 2.00 bits per heavy atom. The van der Waals surface area contributed by atoms with Crippen LogP contribution in [0, 0.1) is 6.92 Å². The van der Waals surface area contributed by atoms with E-state index in [9.17, 15) is 8.42 Å². The van der Waals surface area contributed by atoms with Crippen molar-refractivity contribution < 1.29 is 8.42 Å². The highest BCUT2D eigenvalue weighted by Gasteiger charge is 2.19. The summed E-state index contributed by atoms with van der Waals surface area (Å²) >= 11 is 0. The first-order valence-corrected chi connectivity index (χ1v) is 7.68. The number of nitrogen functional groups attached to an aromatic ring is 1. The minimum Gasteiger partial charge on any atom is -0.399 e. The number of sulfonamides is 1. The van der Waals surface area contributed by atoms with Gasteiger partial charge < -0.3 is 5.73 Å². The van der Waals surface area contributed by atoms with Crippen molar-refractivity contribution in [3.63, 3.8) is 0 Å². The number of nitrogens with two attached hydrogens (primary N) is 1. The number of hydrogen-bond donors (Lipinski definition) is 2. The molecule has 1 aromatic carbocycles. The van der Waals surface area contributed by atoms with Crippen molar-refractivity contribution in [3.05, 3.63) is 53.9 Å². The molecule has 106 valence electrons. The number of aryl methyl sites for hydroxylation is 1. The summed E-state index contributed by atoms with van der Waals surface area (Å²) in [5.41, 5.74) is 7.67. The highest BCUT2D eigenvalue weighted by molar-refractivity contribution is 7.89. The van der Waals surface area contributed by atoms with Crippen LogP contribution in [0.25, 0.3) is 0 Å². The zero-order chi connectivity index (χ0) is 14.8. The Bertz CT molecular complexity index is 700. The third kappa shape index (κ3) is 3.15. The lowest BCUT2D eigenvalue weighted by molar-refractivity contribution is 0.564. The van der Waals surface area contributed by atoms with Crippen LogP contribution in [0.5, 0.6) is 0 Å². The second-order valence-corrected chi connectivity index (χ2v) is 6.33. The Balaban J connectivity index is 2.25. The van der Waals surface area contributed by atoms with E-state index in [4.69, 9.17) is 5.73 Å². The molecule has 20 heavy (non-hydrogen) atoms. The molecule has 2 aromatic rings. The van der Waals surface area contributed by atoms with Crippen molar-refractivity contribution in [1.82, 2.24) is 9.71 Å². The van der Waals surface area contributed by atoms with Gasteiger partial charge in [0, 0.05) is 11.9 Å². The normalized spacial score (nSPS) is 13.1. The summed E-state index contributed by atoms with van der Waals surface area (Å²) in [6, 6.07) is 9.63. The van der Waals surface area contributed by atoms with E-state index >= 15 is 0 Å². The van der Waals surface area contributed by atoms with E-state index in [0.717, 1.165) is 5.56 Å². The van der Waals surface area contributed by atoms with Crippen molar-refractivity contribution in [2.75, 3.05) is 5.73 Å². The summed E-state index contributed by atoms with van der Waals surface area (Å²) < 4.78 is 27.2. The largest absolute Gasteiger partial charge is 0.399 e. The Kier molecular flexibility index (Phi) is 4.06. The Hall–Kier alpha value is -1.92. The highest BCUT2D eigenvalue weighted by atomic mass is 32.2. The number of benzene rings is 1. The minimum absolute atomic E-state index is 0.201. The van der Waals surface area contributed by atoms with Gasteiger partial charge in [-0.1, -0.05) is 6.07 Å². The van der Waals surface area contributed by atoms with Gasteiger partial charge in [0.25, 0.3) is 0 Å². The fourth-order valence-electron chi connectivity index (χ4n) is 1.81. The number of hydrogen-bond acceptors (Lipinski definition) is 4. The molecule has 0 saturated heterocycles. The van der Waals surface area contributed by atoms with E-state index in [1.165, 1.54) is 6.07 Å². The van der Waals surface area contributed by atoms with Crippen molar-refractivity contribution in [1.29, 1.82) is 0 Å². The second-order valence-electron chi connectivity index (χ2n) is 4.62. The molecule has 0 saturated carbocycles. The van der Waals surface area contributed by atoms with Gasteiger partial charge in [0.2, 0.25) is 10.0 Å². The lowest BCUT2D eigenvalue weighted by atomic mass is 10.2. The minimum atomic E-state index is -3.59. The molecule has 1 atom stereocenters. The predicted octanol–water partition coefficient (Wildman–Crippen LogP) is 2.01. The zero-order valence-electron chi connectivity index (χ0n) is 11.4. The molecule has 0 amide bonds. The van der Waals surface area contributed by atoms with Gasteiger partial charge in [-0.2, -0.15) is 0 Å². The van der Waals surface area contributed by atoms with Crippen LogP contribution in [0.2, 0.25) is 0 Å². The highest BCUT2D eigenvalue weighted by Crippen LogP contribution is 2.19. The molecule has 0 aliphatic carbocycles. The van der Waals surface area contributed by atoms with E-state index in [0.29, 0.717) is 11.4 Å². The monoisotopic (exact) mass is 291 g/mol. The molecular formula is C14H17N3O2S. The lowest BCUT2D eigenvalue weighted by Crippen LogP contribution is -2.27. The van der Waals surface area contributed by atoms with E-state index in [1.54, 1.807) is 44.3 Å². The molecule has 3 N–H and O–H groups in total. The third-order valence-electron chi connectivity index (χ3n) is 3.01. The molecule has 0 bridgehead atoms. The molecule has 1 unspecified atom stereocenters. The molecule has 2 rings (SSSR count). The number of rotatable bonds is 4. The summed E-state index contributed by atoms with van der Waals surface area (Å²) in [7, 11) is -3.59. The quantitative estimate of drug-likeness (QED) is 0.844. The maximum Gasteiger partial charge on any atom is 0.241 e. The number of pyridine rings is 1. The Morgan fingerprint density at radius 1 is 1.25 bits per heavy atom. The molecule has 0 fully saturated rings. The summed E-state index contributed by atoms with van der Waals surface area (Å²) in [5.74, 6) is 0. The Morgan fingerprint density at radius 3 is 2.60 bits per heavy atom. The summed E-state index contributed by atoms with van der Waals surface area (Å²) in [6.45, 7) is 3.53. The van der Waals surface area contributed by atoms with E-state index in [1.807, 2.05) is 6.07 Å². The first-order chi connectivity index (χ1) is 9.40. The van der Waals surface area contributed by atoms with Gasteiger partial charge in [-0.3, -0.25) is 4.98 Å². The zero-order valence-corrected chi connectivity index (χ0v) is 12.2. The van der Waals surface area contributed by atoms with Crippen LogP contribution in [0.3, 0.4) is 0 Å². The molecule has 1 heterocycles. The maximum atomic E-state index is 12.3. The molecular weight excluding hydrogens is 274 g/mol. The number of anilines is 1. The van der Waals surface area contributed by atoms with Crippen molar-refractivity contribution in [2.24, 2.45) is 0 Å². The Labute approximate surface area is 118 Å². The average molecular weight is 291 g/mol. The van der Waals surface area contributed by atoms with Crippen LogP contribution in [-0.2, 0) is 10.0 Å². The van der Waals surface area contributed by atoms with Gasteiger partial charge in [0.15, 0.2) is 0 Å². The summed E-state index contributed by atoms with van der Waals surface area (Å²) in [6.07, 6.45) is 1.63. The summed E-state index contributed by atoms with van der Waals surface area (Å²) in [5, 5.41) is 0. The summed E-state index contributed by atoms with van der Waals surface area (Å²) in [4.78, 5) is 4.34. The van der Waals surface area contributed by atoms with Crippen LogP contribution in [0.4, 0.5) is 5.69 Å². The molecule has 0 spiro atoms. The van der Waals surface area contributed by atoms with Crippen molar-refractivity contribution >= 4 is 15.7 Å². The second kappa shape index (κ2) is 5.60. The number of nitrogens with one attached hydrogen (secondary N) is 1. The van der Waals surface area contributed by atoms with Crippen molar-refractivity contribution in [2.45, 2.75) is 24.8 Å². The van der Waals surface area contributed by atoms with Crippen LogP contribution >= 0.6 is 0 Å². The van der Waals surface area contributed by atoms with E-state index in [2.05, 4.69) is 9.71 Å². The van der Waals surface area contributed by atoms with Crippen LogP contribution < -0.4 is 10.5 Å². The average Bonchev–Trinajstić information content (AvgIpc) is 2.42. The fourth-order valence-corrected chi connectivity index (χ4v) is 3.11. The van der Waals surface area contributed by atoms with Gasteiger partial charge >= 0.3 is 0 Å². The molecule has 0 aliphatic rings. The molecule has 1 aromatic heterocycles. The lowest BCUT2D eigenvalue weighted by Gasteiger charge is -2.14.